The summed E-state index contributed by atoms with van der Waals surface area (Å²) in [5.74, 6) is 0.0477. The Labute approximate surface area is 95.0 Å². The molecule has 1 aliphatic heterocycles. The molecule has 1 aromatic rings. The van der Waals surface area contributed by atoms with Crippen LogP contribution < -0.4 is 10.5 Å². The fourth-order valence-electron chi connectivity index (χ4n) is 2.08. The van der Waals surface area contributed by atoms with Gasteiger partial charge in [-0.2, -0.15) is 0 Å². The first-order valence-electron chi connectivity index (χ1n) is 5.50. The van der Waals surface area contributed by atoms with Crippen molar-refractivity contribution in [3.8, 4) is 5.75 Å². The third-order valence-corrected chi connectivity index (χ3v) is 2.97. The molecule has 2 N–H and O–H groups in total. The molecule has 0 aliphatic carbocycles. The number of likely N-dealkylation sites (tertiary alicyclic amines) is 1. The summed E-state index contributed by atoms with van der Waals surface area (Å²) in [6.07, 6.45) is 0.992. The Balaban J connectivity index is 2.09. The van der Waals surface area contributed by atoms with E-state index in [4.69, 9.17) is 10.5 Å². The Kier molecular flexibility index (Phi) is 3.41. The molecule has 1 aliphatic rings. The molecule has 1 saturated heterocycles. The SMILES string of the molecule is COc1cccc(CN2CC[C@H](N)C2)c1F. The summed E-state index contributed by atoms with van der Waals surface area (Å²) in [6.45, 7) is 2.39. The molecule has 16 heavy (non-hydrogen) atoms. The van der Waals surface area contributed by atoms with Crippen molar-refractivity contribution < 1.29 is 9.13 Å². The summed E-state index contributed by atoms with van der Waals surface area (Å²) >= 11 is 0. The number of methoxy groups -OCH3 is 1. The van der Waals surface area contributed by atoms with Crippen molar-refractivity contribution >= 4 is 0 Å². The van der Waals surface area contributed by atoms with Crippen LogP contribution in [0.1, 0.15) is 12.0 Å². The smallest absolute Gasteiger partial charge is 0.169 e. The van der Waals surface area contributed by atoms with Gasteiger partial charge in [-0.3, -0.25) is 4.90 Å². The van der Waals surface area contributed by atoms with E-state index in [1.807, 2.05) is 6.07 Å². The highest BCUT2D eigenvalue weighted by Gasteiger charge is 2.20. The van der Waals surface area contributed by atoms with E-state index >= 15 is 0 Å². The molecule has 88 valence electrons. The fourth-order valence-corrected chi connectivity index (χ4v) is 2.08. The Bertz CT molecular complexity index is 370. The van der Waals surface area contributed by atoms with Crippen molar-refractivity contribution in [1.82, 2.24) is 4.90 Å². The van der Waals surface area contributed by atoms with Crippen LogP contribution in [-0.2, 0) is 6.54 Å². The molecule has 4 heteroatoms. The topological polar surface area (TPSA) is 38.5 Å². The quantitative estimate of drug-likeness (QED) is 0.842. The van der Waals surface area contributed by atoms with Gasteiger partial charge in [-0.05, 0) is 12.5 Å². The summed E-state index contributed by atoms with van der Waals surface area (Å²) in [5.41, 5.74) is 6.49. The number of rotatable bonds is 3. The number of nitrogens with two attached hydrogens (primary N) is 1. The minimum Gasteiger partial charge on any atom is -0.494 e. The second-order valence-corrected chi connectivity index (χ2v) is 4.22. The lowest BCUT2D eigenvalue weighted by molar-refractivity contribution is 0.316. The van der Waals surface area contributed by atoms with Gasteiger partial charge in [0.25, 0.3) is 0 Å². The number of hydrogen-bond donors (Lipinski definition) is 1. The Morgan fingerprint density at radius 2 is 2.38 bits per heavy atom. The van der Waals surface area contributed by atoms with Gasteiger partial charge in [-0.1, -0.05) is 12.1 Å². The van der Waals surface area contributed by atoms with Crippen LogP contribution in [0.5, 0.6) is 5.75 Å². The van der Waals surface area contributed by atoms with E-state index in [0.717, 1.165) is 19.5 Å². The van der Waals surface area contributed by atoms with Crippen molar-refractivity contribution in [2.45, 2.75) is 19.0 Å². The van der Waals surface area contributed by atoms with E-state index in [1.54, 1.807) is 12.1 Å². The van der Waals surface area contributed by atoms with Crippen LogP contribution in [0.25, 0.3) is 0 Å². The lowest BCUT2D eigenvalue weighted by Crippen LogP contribution is -2.26. The molecular formula is C12H17FN2O. The molecule has 1 heterocycles. The maximum Gasteiger partial charge on any atom is 0.169 e. The van der Waals surface area contributed by atoms with Crippen LogP contribution in [-0.4, -0.2) is 31.1 Å². The van der Waals surface area contributed by atoms with E-state index in [-0.39, 0.29) is 11.9 Å². The van der Waals surface area contributed by atoms with E-state index in [0.29, 0.717) is 17.9 Å². The summed E-state index contributed by atoms with van der Waals surface area (Å²) in [4.78, 5) is 2.17. The number of ether oxygens (including phenoxy) is 1. The second kappa shape index (κ2) is 4.80. The molecule has 0 spiro atoms. The molecule has 1 aromatic carbocycles. The first-order valence-corrected chi connectivity index (χ1v) is 5.50. The average molecular weight is 224 g/mol. The maximum atomic E-state index is 13.8. The van der Waals surface area contributed by atoms with Crippen molar-refractivity contribution in [1.29, 1.82) is 0 Å². The predicted octanol–water partition coefficient (Wildman–Crippen LogP) is 1.37. The molecule has 3 nitrogen and oxygen atoms in total. The summed E-state index contributed by atoms with van der Waals surface area (Å²) in [7, 11) is 1.48. The van der Waals surface area contributed by atoms with Gasteiger partial charge in [0.15, 0.2) is 11.6 Å². The number of benzene rings is 1. The number of hydrogen-bond acceptors (Lipinski definition) is 3. The van der Waals surface area contributed by atoms with Gasteiger partial charge in [0.05, 0.1) is 7.11 Å². The highest BCUT2D eigenvalue weighted by atomic mass is 19.1. The molecule has 1 atom stereocenters. The van der Waals surface area contributed by atoms with Gasteiger partial charge in [-0.25, -0.2) is 4.39 Å². The third-order valence-electron chi connectivity index (χ3n) is 2.97. The minimum absolute atomic E-state index is 0.230. The molecule has 0 saturated carbocycles. The lowest BCUT2D eigenvalue weighted by Gasteiger charge is -2.16. The van der Waals surface area contributed by atoms with Crippen LogP contribution in [0.15, 0.2) is 18.2 Å². The Morgan fingerprint density at radius 1 is 1.56 bits per heavy atom. The number of halogens is 1. The van der Waals surface area contributed by atoms with E-state index in [2.05, 4.69) is 4.90 Å². The molecule has 0 bridgehead atoms. The van der Waals surface area contributed by atoms with Crippen LogP contribution in [0.3, 0.4) is 0 Å². The minimum atomic E-state index is -0.259. The first-order chi connectivity index (χ1) is 7.70. The van der Waals surface area contributed by atoms with Crippen molar-refractivity contribution in [3.05, 3.63) is 29.6 Å². The summed E-state index contributed by atoms with van der Waals surface area (Å²) in [6, 6.07) is 5.47. The molecule has 0 amide bonds. The fraction of sp³-hybridized carbons (Fsp3) is 0.500. The molecule has 1 fully saturated rings. The lowest BCUT2D eigenvalue weighted by atomic mass is 10.2. The molecule has 0 radical (unpaired) electrons. The van der Waals surface area contributed by atoms with Gasteiger partial charge in [-0.15, -0.1) is 0 Å². The standard InChI is InChI=1S/C12H17FN2O/c1-16-11-4-2-3-9(12(11)13)7-15-6-5-10(14)8-15/h2-4,10H,5-8,14H2,1H3/t10-/m0/s1. The molecule has 0 unspecified atom stereocenters. The predicted molar refractivity (Wildman–Crippen MR) is 60.8 cm³/mol. The van der Waals surface area contributed by atoms with E-state index < -0.39 is 0 Å². The van der Waals surface area contributed by atoms with Gasteiger partial charge in [0, 0.05) is 31.2 Å². The van der Waals surface area contributed by atoms with Crippen LogP contribution in [0, 0.1) is 5.82 Å². The van der Waals surface area contributed by atoms with Crippen LogP contribution in [0.4, 0.5) is 4.39 Å². The van der Waals surface area contributed by atoms with E-state index in [1.165, 1.54) is 7.11 Å². The zero-order valence-electron chi connectivity index (χ0n) is 9.45. The average Bonchev–Trinajstić information content (AvgIpc) is 2.67. The van der Waals surface area contributed by atoms with Crippen molar-refractivity contribution in [2.75, 3.05) is 20.2 Å². The zero-order chi connectivity index (χ0) is 11.5. The van der Waals surface area contributed by atoms with E-state index in [9.17, 15) is 4.39 Å². The first kappa shape index (κ1) is 11.4. The van der Waals surface area contributed by atoms with Gasteiger partial charge < -0.3 is 10.5 Å². The van der Waals surface area contributed by atoms with Crippen molar-refractivity contribution in [2.24, 2.45) is 5.73 Å². The highest BCUT2D eigenvalue weighted by molar-refractivity contribution is 5.31. The Morgan fingerprint density at radius 3 is 3.00 bits per heavy atom. The highest BCUT2D eigenvalue weighted by Crippen LogP contribution is 2.22. The summed E-state index contributed by atoms with van der Waals surface area (Å²) in [5, 5.41) is 0. The van der Waals surface area contributed by atoms with Gasteiger partial charge >= 0.3 is 0 Å². The third kappa shape index (κ3) is 2.33. The van der Waals surface area contributed by atoms with Crippen LogP contribution in [0.2, 0.25) is 0 Å². The molecule has 0 aromatic heterocycles. The Hall–Kier alpha value is -1.13. The molecule has 2 rings (SSSR count). The zero-order valence-corrected chi connectivity index (χ0v) is 9.45. The van der Waals surface area contributed by atoms with Crippen LogP contribution >= 0.6 is 0 Å². The van der Waals surface area contributed by atoms with Gasteiger partial charge in [0.2, 0.25) is 0 Å². The number of nitrogens with zero attached hydrogens (tertiary/aromatic N) is 1. The van der Waals surface area contributed by atoms with Gasteiger partial charge in [0.1, 0.15) is 0 Å². The summed E-state index contributed by atoms with van der Waals surface area (Å²) < 4.78 is 18.8. The normalized spacial score (nSPS) is 21.3. The van der Waals surface area contributed by atoms with Crippen molar-refractivity contribution in [3.63, 3.8) is 0 Å². The molecular weight excluding hydrogens is 207 g/mol. The maximum absolute atomic E-state index is 13.8. The second-order valence-electron chi connectivity index (χ2n) is 4.22. The monoisotopic (exact) mass is 224 g/mol. The largest absolute Gasteiger partial charge is 0.494 e.